The maximum absolute atomic E-state index is 11.4. The number of carbonyl (C=O) groups is 1. The van der Waals surface area contributed by atoms with Gasteiger partial charge in [-0.25, -0.2) is 4.79 Å². The molecule has 0 aromatic carbocycles. The molecule has 0 radical (unpaired) electrons. The van der Waals surface area contributed by atoms with Gasteiger partial charge in [-0.15, -0.1) is 0 Å². The van der Waals surface area contributed by atoms with Gasteiger partial charge in [0.2, 0.25) is 0 Å². The molecule has 0 saturated heterocycles. The van der Waals surface area contributed by atoms with Crippen molar-refractivity contribution in [2.45, 2.75) is 26.3 Å². The standard InChI is InChI=1S/C17H36N2O7/c1-17(2,3)19-16(20)26-15-14-25-13-12-24-11-10-23-9-8-22-7-6-21-5-4-18/h4-15,18H2,1-3H3,(H,19,20). The Bertz CT molecular complexity index is 325. The molecule has 0 aromatic heterocycles. The van der Waals surface area contributed by atoms with Gasteiger partial charge >= 0.3 is 6.09 Å². The van der Waals surface area contributed by atoms with Crippen LogP contribution in [0.15, 0.2) is 0 Å². The molecule has 0 aliphatic carbocycles. The maximum Gasteiger partial charge on any atom is 0.407 e. The SMILES string of the molecule is CC(C)(C)NC(=O)OCCOCCOCCOCCOCCOCCN. The van der Waals surface area contributed by atoms with E-state index < -0.39 is 6.09 Å². The van der Waals surface area contributed by atoms with E-state index in [1.807, 2.05) is 20.8 Å². The van der Waals surface area contributed by atoms with Gasteiger partial charge < -0.3 is 39.5 Å². The van der Waals surface area contributed by atoms with E-state index in [9.17, 15) is 4.79 Å². The fraction of sp³-hybridized carbons (Fsp3) is 0.941. The van der Waals surface area contributed by atoms with Gasteiger partial charge in [-0.1, -0.05) is 0 Å². The quantitative estimate of drug-likeness (QED) is 0.352. The van der Waals surface area contributed by atoms with Gasteiger partial charge in [-0.05, 0) is 20.8 Å². The first-order valence-electron chi connectivity index (χ1n) is 8.99. The van der Waals surface area contributed by atoms with Crippen LogP contribution >= 0.6 is 0 Å². The molecule has 0 aromatic rings. The molecule has 1 amide bonds. The molecular formula is C17H36N2O7. The van der Waals surface area contributed by atoms with Crippen molar-refractivity contribution in [3.8, 4) is 0 Å². The highest BCUT2D eigenvalue weighted by atomic mass is 16.6. The normalized spacial score (nSPS) is 11.5. The zero-order valence-corrected chi connectivity index (χ0v) is 16.4. The summed E-state index contributed by atoms with van der Waals surface area (Å²) in [5.74, 6) is 0. The molecule has 0 spiro atoms. The third-order valence-electron chi connectivity index (χ3n) is 2.69. The van der Waals surface area contributed by atoms with E-state index in [0.717, 1.165) is 0 Å². The molecule has 3 N–H and O–H groups in total. The van der Waals surface area contributed by atoms with E-state index in [0.29, 0.717) is 72.6 Å². The van der Waals surface area contributed by atoms with E-state index in [4.69, 9.17) is 34.2 Å². The van der Waals surface area contributed by atoms with Crippen LogP contribution in [0.5, 0.6) is 0 Å². The van der Waals surface area contributed by atoms with Crippen LogP contribution in [0.25, 0.3) is 0 Å². The second-order valence-electron chi connectivity index (χ2n) is 6.36. The van der Waals surface area contributed by atoms with Gasteiger partial charge in [0.15, 0.2) is 0 Å². The average Bonchev–Trinajstić information content (AvgIpc) is 2.56. The number of ether oxygens (including phenoxy) is 6. The third kappa shape index (κ3) is 21.1. The Morgan fingerprint density at radius 3 is 1.38 bits per heavy atom. The number of alkyl carbamates (subject to hydrolysis) is 1. The molecule has 0 atom stereocenters. The molecule has 0 heterocycles. The smallest absolute Gasteiger partial charge is 0.407 e. The highest BCUT2D eigenvalue weighted by molar-refractivity contribution is 5.67. The van der Waals surface area contributed by atoms with Crippen molar-refractivity contribution in [1.82, 2.24) is 5.32 Å². The number of carbonyl (C=O) groups excluding carboxylic acids is 1. The number of rotatable bonds is 17. The number of hydrogen-bond donors (Lipinski definition) is 2. The molecule has 0 rings (SSSR count). The van der Waals surface area contributed by atoms with Crippen LogP contribution < -0.4 is 11.1 Å². The first kappa shape index (κ1) is 25.0. The predicted molar refractivity (Wildman–Crippen MR) is 97.4 cm³/mol. The summed E-state index contributed by atoms with van der Waals surface area (Å²) in [6.07, 6.45) is -0.443. The number of hydrogen-bond acceptors (Lipinski definition) is 8. The van der Waals surface area contributed by atoms with Crippen molar-refractivity contribution < 1.29 is 33.2 Å². The molecule has 0 aliphatic rings. The zero-order valence-electron chi connectivity index (χ0n) is 16.4. The van der Waals surface area contributed by atoms with E-state index in [1.165, 1.54) is 0 Å². The summed E-state index contributed by atoms with van der Waals surface area (Å²) in [6.45, 7) is 11.3. The number of nitrogens with one attached hydrogen (secondary N) is 1. The van der Waals surface area contributed by atoms with Crippen molar-refractivity contribution in [2.24, 2.45) is 5.73 Å². The summed E-state index contributed by atoms with van der Waals surface area (Å²) < 4.78 is 31.5. The summed E-state index contributed by atoms with van der Waals surface area (Å²) in [7, 11) is 0. The fourth-order valence-electron chi connectivity index (χ4n) is 1.60. The van der Waals surface area contributed by atoms with E-state index >= 15 is 0 Å². The van der Waals surface area contributed by atoms with Crippen LogP contribution in [-0.2, 0) is 28.4 Å². The molecule has 9 nitrogen and oxygen atoms in total. The van der Waals surface area contributed by atoms with Crippen LogP contribution in [0.4, 0.5) is 4.79 Å². The van der Waals surface area contributed by atoms with Crippen LogP contribution in [0.1, 0.15) is 20.8 Å². The fourth-order valence-corrected chi connectivity index (χ4v) is 1.60. The summed E-state index contributed by atoms with van der Waals surface area (Å²) in [5, 5.41) is 2.70. The second kappa shape index (κ2) is 17.4. The highest BCUT2D eigenvalue weighted by Crippen LogP contribution is 1.98. The molecule has 0 fully saturated rings. The molecule has 0 saturated carbocycles. The van der Waals surface area contributed by atoms with Gasteiger partial charge in [0.05, 0.1) is 66.1 Å². The minimum absolute atomic E-state index is 0.211. The predicted octanol–water partition coefficient (Wildman–Crippen LogP) is 0.553. The summed E-state index contributed by atoms with van der Waals surface area (Å²) in [6, 6.07) is 0. The first-order valence-corrected chi connectivity index (χ1v) is 8.99. The Morgan fingerprint density at radius 2 is 1.04 bits per heavy atom. The lowest BCUT2D eigenvalue weighted by molar-refractivity contribution is -0.0135. The van der Waals surface area contributed by atoms with Gasteiger partial charge in [0.1, 0.15) is 6.61 Å². The lowest BCUT2D eigenvalue weighted by Crippen LogP contribution is -2.41. The molecule has 9 heteroatoms. The molecular weight excluding hydrogens is 344 g/mol. The van der Waals surface area contributed by atoms with E-state index in [2.05, 4.69) is 5.32 Å². The average molecular weight is 380 g/mol. The molecule has 26 heavy (non-hydrogen) atoms. The molecule has 156 valence electrons. The summed E-state index contributed by atoms with van der Waals surface area (Å²) in [4.78, 5) is 11.4. The monoisotopic (exact) mass is 380 g/mol. The van der Waals surface area contributed by atoms with Gasteiger partial charge in [0.25, 0.3) is 0 Å². The summed E-state index contributed by atoms with van der Waals surface area (Å²) in [5.41, 5.74) is 4.99. The minimum atomic E-state index is -0.443. The van der Waals surface area contributed by atoms with Crippen molar-refractivity contribution in [1.29, 1.82) is 0 Å². The lowest BCUT2D eigenvalue weighted by Gasteiger charge is -2.19. The van der Waals surface area contributed by atoms with Gasteiger partial charge in [0, 0.05) is 12.1 Å². The van der Waals surface area contributed by atoms with Gasteiger partial charge in [-0.2, -0.15) is 0 Å². The Kier molecular flexibility index (Phi) is 16.8. The van der Waals surface area contributed by atoms with Crippen molar-refractivity contribution in [3.05, 3.63) is 0 Å². The van der Waals surface area contributed by atoms with Gasteiger partial charge in [-0.3, -0.25) is 0 Å². The number of nitrogens with two attached hydrogens (primary N) is 1. The maximum atomic E-state index is 11.4. The van der Waals surface area contributed by atoms with E-state index in [-0.39, 0.29) is 12.1 Å². The Hall–Kier alpha value is -0.970. The van der Waals surface area contributed by atoms with Crippen molar-refractivity contribution >= 4 is 6.09 Å². The lowest BCUT2D eigenvalue weighted by atomic mass is 10.1. The van der Waals surface area contributed by atoms with E-state index in [1.54, 1.807) is 0 Å². The van der Waals surface area contributed by atoms with Crippen molar-refractivity contribution in [2.75, 3.05) is 79.2 Å². The topological polar surface area (TPSA) is 111 Å². The molecule has 0 bridgehead atoms. The number of amides is 1. The van der Waals surface area contributed by atoms with Crippen molar-refractivity contribution in [3.63, 3.8) is 0 Å². The third-order valence-corrected chi connectivity index (χ3v) is 2.69. The molecule has 0 aliphatic heterocycles. The van der Waals surface area contributed by atoms with Crippen LogP contribution in [-0.4, -0.2) is 90.9 Å². The Balaban J connectivity index is 3.12. The Morgan fingerprint density at radius 1 is 0.692 bits per heavy atom. The van der Waals surface area contributed by atoms with Crippen LogP contribution in [0, 0.1) is 0 Å². The Labute approximate surface area is 156 Å². The van der Waals surface area contributed by atoms with Crippen LogP contribution in [0.2, 0.25) is 0 Å². The molecule has 0 unspecified atom stereocenters. The largest absolute Gasteiger partial charge is 0.447 e. The minimum Gasteiger partial charge on any atom is -0.447 e. The first-order chi connectivity index (χ1) is 12.5. The second-order valence-corrected chi connectivity index (χ2v) is 6.36. The zero-order chi connectivity index (χ0) is 19.5. The summed E-state index contributed by atoms with van der Waals surface area (Å²) >= 11 is 0. The highest BCUT2D eigenvalue weighted by Gasteiger charge is 2.14. The van der Waals surface area contributed by atoms with Crippen LogP contribution in [0.3, 0.4) is 0 Å².